The van der Waals surface area contributed by atoms with Crippen LogP contribution >= 0.6 is 0 Å². The topological polar surface area (TPSA) is 38.0 Å². The average molecular weight is 180 g/mol. The van der Waals surface area contributed by atoms with E-state index < -0.39 is 0 Å². The van der Waals surface area contributed by atoms with E-state index in [4.69, 9.17) is 0 Å². The molecule has 72 valence electrons. The van der Waals surface area contributed by atoms with Gasteiger partial charge >= 0.3 is 0 Å². The first-order valence-corrected chi connectivity index (χ1v) is 4.93. The molecule has 0 bridgehead atoms. The molecule has 0 amide bonds. The number of rotatable bonds is 1. The van der Waals surface area contributed by atoms with Gasteiger partial charge in [0.05, 0.1) is 6.10 Å². The van der Waals surface area contributed by atoms with Gasteiger partial charge in [-0.15, -0.1) is 0 Å². The molecule has 0 spiro atoms. The second-order valence-corrected chi connectivity index (χ2v) is 3.90. The quantitative estimate of drug-likeness (QED) is 0.710. The van der Waals surface area contributed by atoms with E-state index in [0.717, 1.165) is 19.3 Å². The summed E-state index contributed by atoms with van der Waals surface area (Å²) in [5.41, 5.74) is 1.26. The minimum absolute atomic E-state index is 0.103. The van der Waals surface area contributed by atoms with Crippen molar-refractivity contribution in [3.8, 4) is 0 Å². The lowest BCUT2D eigenvalue weighted by molar-refractivity contribution is 0.118. The lowest BCUT2D eigenvalue weighted by atomic mass is 9.85. The molecule has 2 atom stereocenters. The fraction of sp³-hybridized carbons (Fsp3) is 0.700. The molecule has 1 N–H and O–H groups in total. The first-order chi connectivity index (χ1) is 6.27. The molecule has 1 saturated carbocycles. The SMILES string of the molecule is Cn1nccc1C1CCCC(O)C1. The van der Waals surface area contributed by atoms with Crippen LogP contribution in [0.5, 0.6) is 0 Å². The lowest BCUT2D eigenvalue weighted by Crippen LogP contribution is -2.19. The van der Waals surface area contributed by atoms with Crippen molar-refractivity contribution in [2.24, 2.45) is 7.05 Å². The van der Waals surface area contributed by atoms with Crippen molar-refractivity contribution in [2.45, 2.75) is 37.7 Å². The standard InChI is InChI=1S/C10H16N2O/c1-12-10(5-6-11-12)8-3-2-4-9(13)7-8/h5-6,8-9,13H,2-4,7H2,1H3. The zero-order chi connectivity index (χ0) is 9.26. The van der Waals surface area contributed by atoms with Crippen molar-refractivity contribution < 1.29 is 5.11 Å². The van der Waals surface area contributed by atoms with Crippen LogP contribution in [0.1, 0.15) is 37.3 Å². The van der Waals surface area contributed by atoms with E-state index in [1.54, 1.807) is 0 Å². The molecule has 1 aromatic rings. The third kappa shape index (κ3) is 1.75. The predicted octanol–water partition coefficient (Wildman–Crippen LogP) is 1.44. The fourth-order valence-electron chi connectivity index (χ4n) is 2.22. The van der Waals surface area contributed by atoms with Crippen molar-refractivity contribution in [1.29, 1.82) is 0 Å². The van der Waals surface area contributed by atoms with Crippen LogP contribution in [0.4, 0.5) is 0 Å². The van der Waals surface area contributed by atoms with Crippen molar-refractivity contribution >= 4 is 0 Å². The van der Waals surface area contributed by atoms with Crippen LogP contribution in [0.3, 0.4) is 0 Å². The largest absolute Gasteiger partial charge is 0.393 e. The van der Waals surface area contributed by atoms with Gasteiger partial charge in [-0.2, -0.15) is 5.10 Å². The van der Waals surface area contributed by atoms with E-state index in [1.165, 1.54) is 12.1 Å². The van der Waals surface area contributed by atoms with Gasteiger partial charge in [-0.1, -0.05) is 6.42 Å². The highest BCUT2D eigenvalue weighted by Gasteiger charge is 2.23. The highest BCUT2D eigenvalue weighted by Crippen LogP contribution is 2.32. The first kappa shape index (κ1) is 8.75. The Balaban J connectivity index is 2.12. The Hall–Kier alpha value is -0.830. The van der Waals surface area contributed by atoms with E-state index in [-0.39, 0.29) is 6.10 Å². The normalized spacial score (nSPS) is 29.1. The highest BCUT2D eigenvalue weighted by atomic mass is 16.3. The van der Waals surface area contributed by atoms with Gasteiger partial charge in [-0.05, 0) is 25.3 Å². The van der Waals surface area contributed by atoms with Crippen molar-refractivity contribution in [1.82, 2.24) is 9.78 Å². The Morgan fingerprint density at radius 2 is 2.38 bits per heavy atom. The third-order valence-corrected chi connectivity index (χ3v) is 2.92. The number of hydrogen-bond acceptors (Lipinski definition) is 2. The van der Waals surface area contributed by atoms with Gasteiger partial charge < -0.3 is 5.11 Å². The van der Waals surface area contributed by atoms with Gasteiger partial charge in [0.2, 0.25) is 0 Å². The zero-order valence-corrected chi connectivity index (χ0v) is 7.98. The van der Waals surface area contributed by atoms with E-state index in [2.05, 4.69) is 11.2 Å². The summed E-state index contributed by atoms with van der Waals surface area (Å²) in [6, 6.07) is 2.06. The molecule has 2 rings (SSSR count). The average Bonchev–Trinajstić information content (AvgIpc) is 2.51. The maximum atomic E-state index is 9.54. The van der Waals surface area contributed by atoms with Gasteiger partial charge in [0.15, 0.2) is 0 Å². The van der Waals surface area contributed by atoms with Crippen molar-refractivity contribution in [3.05, 3.63) is 18.0 Å². The Labute approximate surface area is 78.4 Å². The third-order valence-electron chi connectivity index (χ3n) is 2.92. The molecule has 0 radical (unpaired) electrons. The van der Waals surface area contributed by atoms with E-state index >= 15 is 0 Å². The summed E-state index contributed by atoms with van der Waals surface area (Å²) in [5.74, 6) is 0.510. The maximum Gasteiger partial charge on any atom is 0.0546 e. The number of aromatic nitrogens is 2. The van der Waals surface area contributed by atoms with Crippen LogP contribution in [0.15, 0.2) is 12.3 Å². The molecule has 3 heteroatoms. The molecule has 2 unspecified atom stereocenters. The van der Waals surface area contributed by atoms with Crippen molar-refractivity contribution in [3.63, 3.8) is 0 Å². The summed E-state index contributed by atoms with van der Waals surface area (Å²) in [6.07, 6.45) is 5.92. The Kier molecular flexibility index (Phi) is 2.36. The van der Waals surface area contributed by atoms with E-state index in [0.29, 0.717) is 5.92 Å². The second kappa shape index (κ2) is 3.50. The summed E-state index contributed by atoms with van der Waals surface area (Å²) in [7, 11) is 1.97. The zero-order valence-electron chi connectivity index (χ0n) is 7.98. The summed E-state index contributed by atoms with van der Waals surface area (Å²) >= 11 is 0. The first-order valence-electron chi connectivity index (χ1n) is 4.93. The molecular weight excluding hydrogens is 164 g/mol. The predicted molar refractivity (Wildman–Crippen MR) is 50.4 cm³/mol. The molecule has 1 aliphatic carbocycles. The monoisotopic (exact) mass is 180 g/mol. The van der Waals surface area contributed by atoms with Crippen LogP contribution in [-0.4, -0.2) is 21.0 Å². The molecule has 1 aliphatic rings. The summed E-state index contributed by atoms with van der Waals surface area (Å²) in [4.78, 5) is 0. The van der Waals surface area contributed by atoms with Crippen LogP contribution < -0.4 is 0 Å². The molecule has 3 nitrogen and oxygen atoms in total. The van der Waals surface area contributed by atoms with Crippen LogP contribution in [0.25, 0.3) is 0 Å². The summed E-state index contributed by atoms with van der Waals surface area (Å²) in [6.45, 7) is 0. The molecule has 0 aromatic carbocycles. The molecule has 1 fully saturated rings. The molecule has 0 saturated heterocycles. The molecular formula is C10H16N2O. The minimum Gasteiger partial charge on any atom is -0.393 e. The Morgan fingerprint density at radius 3 is 3.00 bits per heavy atom. The van der Waals surface area contributed by atoms with E-state index in [9.17, 15) is 5.11 Å². The van der Waals surface area contributed by atoms with Crippen LogP contribution in [0, 0.1) is 0 Å². The van der Waals surface area contributed by atoms with Gasteiger partial charge in [0, 0.05) is 24.9 Å². The molecule has 1 aromatic heterocycles. The number of nitrogens with zero attached hydrogens (tertiary/aromatic N) is 2. The van der Waals surface area contributed by atoms with Gasteiger partial charge in [-0.3, -0.25) is 4.68 Å². The molecule has 0 aliphatic heterocycles. The van der Waals surface area contributed by atoms with Crippen LogP contribution in [0.2, 0.25) is 0 Å². The number of aliphatic hydroxyl groups excluding tert-OH is 1. The fourth-order valence-corrected chi connectivity index (χ4v) is 2.22. The number of aryl methyl sites for hydroxylation is 1. The van der Waals surface area contributed by atoms with Gasteiger partial charge in [-0.25, -0.2) is 0 Å². The van der Waals surface area contributed by atoms with Crippen molar-refractivity contribution in [2.75, 3.05) is 0 Å². The Bertz CT molecular complexity index is 282. The maximum absolute atomic E-state index is 9.54. The number of aliphatic hydroxyl groups is 1. The number of hydrogen-bond donors (Lipinski definition) is 1. The molecule has 1 heterocycles. The smallest absolute Gasteiger partial charge is 0.0546 e. The van der Waals surface area contributed by atoms with Crippen LogP contribution in [-0.2, 0) is 7.05 Å². The summed E-state index contributed by atoms with van der Waals surface area (Å²) < 4.78 is 1.92. The van der Waals surface area contributed by atoms with E-state index in [1.807, 2.05) is 17.9 Å². The van der Waals surface area contributed by atoms with Gasteiger partial charge in [0.1, 0.15) is 0 Å². The Morgan fingerprint density at radius 1 is 1.54 bits per heavy atom. The lowest BCUT2D eigenvalue weighted by Gasteiger charge is -2.25. The highest BCUT2D eigenvalue weighted by molar-refractivity contribution is 5.08. The minimum atomic E-state index is -0.103. The van der Waals surface area contributed by atoms with Gasteiger partial charge in [0.25, 0.3) is 0 Å². The second-order valence-electron chi connectivity index (χ2n) is 3.90. The molecule has 13 heavy (non-hydrogen) atoms. The summed E-state index contributed by atoms with van der Waals surface area (Å²) in [5, 5.41) is 13.7.